The summed E-state index contributed by atoms with van der Waals surface area (Å²) in [5.41, 5.74) is 0. The molecule has 1 amide bonds. The summed E-state index contributed by atoms with van der Waals surface area (Å²) in [6, 6.07) is 32.5. The Labute approximate surface area is 179 Å². The van der Waals surface area contributed by atoms with E-state index >= 15 is 0 Å². The standard InChI is InChI=1S/C24H28ClN2OP/c1-26-24(28)20-27(25)18-11-19-29(21-12-5-2-6-13-21,22-14-7-3-8-15-22)23-16-9-4-10-17-23/h2-10,12-17,29H,11,18-20H2,1H3,(H,26,28). The first kappa shape index (κ1) is 21.5. The second-order valence-electron chi connectivity index (χ2n) is 7.12. The fourth-order valence-electron chi connectivity index (χ4n) is 3.93. The maximum absolute atomic E-state index is 11.6. The van der Waals surface area contributed by atoms with Crippen molar-refractivity contribution in [3.05, 3.63) is 91.0 Å². The molecule has 3 aromatic rings. The van der Waals surface area contributed by atoms with Gasteiger partial charge in [0.1, 0.15) is 0 Å². The van der Waals surface area contributed by atoms with Crippen LogP contribution < -0.4 is 21.2 Å². The van der Waals surface area contributed by atoms with Crippen LogP contribution in [-0.4, -0.2) is 36.6 Å². The summed E-state index contributed by atoms with van der Waals surface area (Å²) in [6.45, 7) is 0.866. The Balaban J connectivity index is 1.98. The van der Waals surface area contributed by atoms with Crippen molar-refractivity contribution in [2.45, 2.75) is 6.42 Å². The summed E-state index contributed by atoms with van der Waals surface area (Å²) in [5, 5.41) is 6.80. The Bertz CT molecular complexity index is 794. The number of nitrogens with zero attached hydrogens (tertiary/aromatic N) is 1. The molecule has 3 aromatic carbocycles. The average Bonchev–Trinajstić information content (AvgIpc) is 2.78. The van der Waals surface area contributed by atoms with Gasteiger partial charge in [-0.15, -0.1) is 0 Å². The third-order valence-electron chi connectivity index (χ3n) is 5.35. The van der Waals surface area contributed by atoms with Crippen molar-refractivity contribution >= 4 is 40.9 Å². The molecule has 0 aliphatic heterocycles. The van der Waals surface area contributed by atoms with Gasteiger partial charge in [0.05, 0.1) is 0 Å². The minimum atomic E-state index is -2.22. The van der Waals surface area contributed by atoms with Crippen LogP contribution >= 0.6 is 19.0 Å². The van der Waals surface area contributed by atoms with Gasteiger partial charge in [-0.05, 0) is 0 Å². The fourth-order valence-corrected chi connectivity index (χ4v) is 9.00. The first-order chi connectivity index (χ1) is 14.2. The number of hydrogen-bond acceptors (Lipinski definition) is 2. The molecule has 0 saturated heterocycles. The van der Waals surface area contributed by atoms with Crippen LogP contribution in [0.15, 0.2) is 91.0 Å². The summed E-state index contributed by atoms with van der Waals surface area (Å²) >= 11 is 6.31. The number of carbonyl (C=O) groups is 1. The van der Waals surface area contributed by atoms with Crippen molar-refractivity contribution in [3.8, 4) is 0 Å². The minimum absolute atomic E-state index is 0.0716. The monoisotopic (exact) mass is 426 g/mol. The van der Waals surface area contributed by atoms with Crippen LogP contribution in [0, 0.1) is 0 Å². The molecule has 152 valence electrons. The molecule has 3 nitrogen and oxygen atoms in total. The molecule has 1 N–H and O–H groups in total. The van der Waals surface area contributed by atoms with Gasteiger partial charge in [-0.1, -0.05) is 0 Å². The summed E-state index contributed by atoms with van der Waals surface area (Å²) in [4.78, 5) is 11.6. The Morgan fingerprint density at radius 2 is 1.24 bits per heavy atom. The number of carbonyl (C=O) groups excluding carboxylic acids is 1. The summed E-state index contributed by atoms with van der Waals surface area (Å²) < 4.78 is 1.58. The predicted molar refractivity (Wildman–Crippen MR) is 128 cm³/mol. The molecule has 0 unspecified atom stereocenters. The van der Waals surface area contributed by atoms with Crippen LogP contribution in [-0.2, 0) is 4.79 Å². The third-order valence-corrected chi connectivity index (χ3v) is 10.7. The van der Waals surface area contributed by atoms with Crippen LogP contribution in [0.25, 0.3) is 0 Å². The molecule has 0 heterocycles. The van der Waals surface area contributed by atoms with Crippen molar-refractivity contribution in [1.29, 1.82) is 0 Å². The zero-order valence-electron chi connectivity index (χ0n) is 16.7. The molecule has 3 rings (SSSR count). The van der Waals surface area contributed by atoms with E-state index in [-0.39, 0.29) is 12.5 Å². The number of halogens is 1. The van der Waals surface area contributed by atoms with Gasteiger partial charge in [-0.3, -0.25) is 0 Å². The number of amides is 1. The van der Waals surface area contributed by atoms with Crippen LogP contribution in [0.3, 0.4) is 0 Å². The number of nitrogens with one attached hydrogen (secondary N) is 1. The molecule has 0 fully saturated rings. The summed E-state index contributed by atoms with van der Waals surface area (Å²) in [5.74, 6) is -0.0716. The molecule has 0 bridgehead atoms. The van der Waals surface area contributed by atoms with Gasteiger partial charge in [0, 0.05) is 0 Å². The maximum atomic E-state index is 11.6. The van der Waals surface area contributed by atoms with E-state index in [0.717, 1.165) is 12.6 Å². The zero-order valence-corrected chi connectivity index (χ0v) is 18.5. The molecule has 29 heavy (non-hydrogen) atoms. The Kier molecular flexibility index (Phi) is 7.83. The first-order valence-corrected chi connectivity index (χ1v) is 12.5. The van der Waals surface area contributed by atoms with Crippen LogP contribution in [0.4, 0.5) is 0 Å². The van der Waals surface area contributed by atoms with E-state index < -0.39 is 7.26 Å². The average molecular weight is 427 g/mol. The normalized spacial score (nSPS) is 12.0. The van der Waals surface area contributed by atoms with E-state index in [1.807, 2.05) is 0 Å². The zero-order chi connectivity index (χ0) is 20.5. The molecular weight excluding hydrogens is 399 g/mol. The second kappa shape index (κ2) is 10.5. The van der Waals surface area contributed by atoms with Gasteiger partial charge < -0.3 is 0 Å². The topological polar surface area (TPSA) is 32.3 Å². The van der Waals surface area contributed by atoms with Gasteiger partial charge in [-0.2, -0.15) is 0 Å². The van der Waals surface area contributed by atoms with Gasteiger partial charge in [0.25, 0.3) is 0 Å². The van der Waals surface area contributed by atoms with Crippen molar-refractivity contribution in [3.63, 3.8) is 0 Å². The Morgan fingerprint density at radius 3 is 1.62 bits per heavy atom. The van der Waals surface area contributed by atoms with Crippen molar-refractivity contribution in [1.82, 2.24) is 9.74 Å². The van der Waals surface area contributed by atoms with Crippen LogP contribution in [0.2, 0.25) is 0 Å². The quantitative estimate of drug-likeness (QED) is 0.420. The van der Waals surface area contributed by atoms with E-state index in [4.69, 9.17) is 11.8 Å². The molecule has 0 saturated carbocycles. The SMILES string of the molecule is CNC(=O)CN(Cl)CCC[PH](c1ccccc1)(c1ccccc1)c1ccccc1. The van der Waals surface area contributed by atoms with E-state index in [0.29, 0.717) is 6.54 Å². The molecule has 0 aliphatic carbocycles. The first-order valence-electron chi connectivity index (χ1n) is 9.94. The van der Waals surface area contributed by atoms with Gasteiger partial charge in [-0.25, -0.2) is 0 Å². The Morgan fingerprint density at radius 1 is 0.828 bits per heavy atom. The number of likely N-dealkylation sites (N-methyl/N-ethyl adjacent to an activating group) is 1. The van der Waals surface area contributed by atoms with E-state index in [1.54, 1.807) is 11.5 Å². The molecular formula is C24H28ClN2OP. The van der Waals surface area contributed by atoms with Crippen molar-refractivity contribution in [2.24, 2.45) is 0 Å². The third kappa shape index (κ3) is 5.25. The summed E-state index contributed by atoms with van der Waals surface area (Å²) in [7, 11) is -0.595. The number of benzene rings is 3. The fraction of sp³-hybridized carbons (Fsp3) is 0.208. The molecule has 0 atom stereocenters. The van der Waals surface area contributed by atoms with Gasteiger partial charge in [0.15, 0.2) is 0 Å². The summed E-state index contributed by atoms with van der Waals surface area (Å²) in [6.07, 6.45) is 1.92. The molecule has 0 spiro atoms. The number of hydrogen-bond donors (Lipinski definition) is 1. The molecule has 0 aliphatic rings. The van der Waals surface area contributed by atoms with E-state index in [9.17, 15) is 4.79 Å². The number of rotatable bonds is 9. The Hall–Kier alpha value is -2.19. The van der Waals surface area contributed by atoms with Crippen LogP contribution in [0.5, 0.6) is 0 Å². The van der Waals surface area contributed by atoms with Crippen molar-refractivity contribution < 1.29 is 4.79 Å². The predicted octanol–water partition coefficient (Wildman–Crippen LogP) is 3.30. The molecule has 0 aromatic heterocycles. The van der Waals surface area contributed by atoms with Crippen LogP contribution in [0.1, 0.15) is 6.42 Å². The van der Waals surface area contributed by atoms with Gasteiger partial charge in [0.2, 0.25) is 0 Å². The van der Waals surface area contributed by atoms with Crippen molar-refractivity contribution in [2.75, 3.05) is 26.3 Å². The van der Waals surface area contributed by atoms with E-state index in [2.05, 4.69) is 96.3 Å². The second-order valence-corrected chi connectivity index (χ2v) is 11.6. The molecule has 0 radical (unpaired) electrons. The van der Waals surface area contributed by atoms with E-state index in [1.165, 1.54) is 15.9 Å². The van der Waals surface area contributed by atoms with Gasteiger partial charge >= 0.3 is 179 Å². The molecule has 5 heteroatoms.